The second-order valence-electron chi connectivity index (χ2n) is 7.63. The number of alkyl halides is 3. The van der Waals surface area contributed by atoms with Gasteiger partial charge in [-0.3, -0.25) is 4.55 Å². The molecule has 0 saturated heterocycles. The maximum Gasteiger partial charge on any atom is 0.573 e. The molecule has 11 heteroatoms. The number of esters is 1. The van der Waals surface area contributed by atoms with E-state index in [9.17, 15) is 26.4 Å². The zero-order chi connectivity index (χ0) is 21.4. The first kappa shape index (κ1) is 21.7. The van der Waals surface area contributed by atoms with Crippen LogP contribution in [0.1, 0.15) is 43.0 Å². The largest absolute Gasteiger partial charge is 0.573 e. The highest BCUT2D eigenvalue weighted by Crippen LogP contribution is 2.53. The lowest BCUT2D eigenvalue weighted by molar-refractivity contribution is -0.275. The van der Waals surface area contributed by atoms with E-state index >= 15 is 0 Å². The summed E-state index contributed by atoms with van der Waals surface area (Å²) in [5.74, 6) is -1.90. The van der Waals surface area contributed by atoms with Crippen molar-refractivity contribution in [3.63, 3.8) is 0 Å². The first-order valence-electron chi connectivity index (χ1n) is 9.06. The van der Waals surface area contributed by atoms with Crippen LogP contribution in [0.2, 0.25) is 0 Å². The Hall–Kier alpha value is -2.01. The smallest absolute Gasteiger partial charge is 0.483 e. The molecule has 2 aliphatic rings. The first-order chi connectivity index (χ1) is 13.3. The molecule has 0 spiro atoms. The molecule has 1 aromatic rings. The lowest BCUT2D eigenvalue weighted by Crippen LogP contribution is -2.38. The molecule has 2 bridgehead atoms. The summed E-state index contributed by atoms with van der Waals surface area (Å²) in [6.07, 6.45) is -1.30. The fourth-order valence-electron chi connectivity index (χ4n) is 4.18. The maximum atomic E-state index is 12.8. The summed E-state index contributed by atoms with van der Waals surface area (Å²) < 4.78 is 83.1. The molecular formula is C18H21F3O7S. The third-order valence-electron chi connectivity index (χ3n) is 5.42. The number of carbonyl (C=O) groups is 1. The SMILES string of the molecule is CC1(Oc2cc(C(=O)OCCS(=O)(=O)O)ccc2OC(F)(F)F)CC2CCC1C2. The molecule has 2 fully saturated rings. The van der Waals surface area contributed by atoms with Crippen molar-refractivity contribution in [3.05, 3.63) is 23.8 Å². The summed E-state index contributed by atoms with van der Waals surface area (Å²) >= 11 is 0. The normalized spacial score (nSPS) is 26.4. The van der Waals surface area contributed by atoms with Gasteiger partial charge in [0.05, 0.1) is 5.56 Å². The first-order valence-corrected chi connectivity index (χ1v) is 10.7. The van der Waals surface area contributed by atoms with Crippen molar-refractivity contribution in [2.45, 2.75) is 44.6 Å². The van der Waals surface area contributed by atoms with E-state index in [1.54, 1.807) is 0 Å². The average Bonchev–Trinajstić information content (AvgIpc) is 3.14. The van der Waals surface area contributed by atoms with Crippen LogP contribution < -0.4 is 9.47 Å². The van der Waals surface area contributed by atoms with Crippen molar-refractivity contribution in [3.8, 4) is 11.5 Å². The van der Waals surface area contributed by atoms with Crippen LogP contribution in [0.3, 0.4) is 0 Å². The Morgan fingerprint density at radius 3 is 2.55 bits per heavy atom. The summed E-state index contributed by atoms with van der Waals surface area (Å²) in [5.41, 5.74) is -0.795. The average molecular weight is 438 g/mol. The third kappa shape index (κ3) is 5.53. The van der Waals surface area contributed by atoms with Crippen molar-refractivity contribution >= 4 is 16.1 Å². The Bertz CT molecular complexity index is 884. The van der Waals surface area contributed by atoms with E-state index in [1.807, 2.05) is 6.92 Å². The third-order valence-corrected chi connectivity index (χ3v) is 6.10. The highest BCUT2D eigenvalue weighted by Gasteiger charge is 2.50. The number of fused-ring (bicyclic) bond motifs is 2. The van der Waals surface area contributed by atoms with Crippen LogP contribution in [-0.4, -0.2) is 43.3 Å². The van der Waals surface area contributed by atoms with Crippen LogP contribution in [0.25, 0.3) is 0 Å². The Morgan fingerprint density at radius 2 is 2.00 bits per heavy atom. The van der Waals surface area contributed by atoms with E-state index in [0.29, 0.717) is 12.3 Å². The van der Waals surface area contributed by atoms with Crippen LogP contribution in [0.15, 0.2) is 18.2 Å². The van der Waals surface area contributed by atoms with Gasteiger partial charge in [-0.1, -0.05) is 0 Å². The molecule has 3 atom stereocenters. The van der Waals surface area contributed by atoms with E-state index in [2.05, 4.69) is 4.74 Å². The topological polar surface area (TPSA) is 99.1 Å². The van der Waals surface area contributed by atoms with E-state index in [1.165, 1.54) is 0 Å². The Balaban J connectivity index is 1.81. The summed E-state index contributed by atoms with van der Waals surface area (Å²) in [7, 11) is -4.31. The molecule has 1 N–H and O–H groups in total. The highest BCUT2D eigenvalue weighted by molar-refractivity contribution is 7.85. The van der Waals surface area contributed by atoms with Gasteiger partial charge in [-0.2, -0.15) is 8.42 Å². The summed E-state index contributed by atoms with van der Waals surface area (Å²) in [4.78, 5) is 12.1. The van der Waals surface area contributed by atoms with Gasteiger partial charge in [0.1, 0.15) is 18.0 Å². The Morgan fingerprint density at radius 1 is 1.28 bits per heavy atom. The molecule has 3 rings (SSSR count). The zero-order valence-corrected chi connectivity index (χ0v) is 16.4. The Kier molecular flexibility index (Phi) is 5.74. The molecule has 3 unspecified atom stereocenters. The monoisotopic (exact) mass is 438 g/mol. The number of hydrogen-bond donors (Lipinski definition) is 1. The van der Waals surface area contributed by atoms with Gasteiger partial charge < -0.3 is 14.2 Å². The number of halogens is 3. The number of carbonyl (C=O) groups excluding carboxylic acids is 1. The van der Waals surface area contributed by atoms with Gasteiger partial charge >= 0.3 is 12.3 Å². The molecule has 0 aliphatic heterocycles. The molecule has 2 aliphatic carbocycles. The molecule has 0 aromatic heterocycles. The van der Waals surface area contributed by atoms with Crippen molar-refractivity contribution < 1.29 is 45.1 Å². The van der Waals surface area contributed by atoms with Gasteiger partial charge in [-0.05, 0) is 62.6 Å². The predicted molar refractivity (Wildman–Crippen MR) is 94.3 cm³/mol. The van der Waals surface area contributed by atoms with Crippen LogP contribution in [0, 0.1) is 11.8 Å². The molecule has 1 aromatic carbocycles. The minimum absolute atomic E-state index is 0.128. The van der Waals surface area contributed by atoms with Gasteiger partial charge in [0.15, 0.2) is 11.5 Å². The number of ether oxygens (including phenoxy) is 3. The molecular weight excluding hydrogens is 417 g/mol. The maximum absolute atomic E-state index is 12.8. The fraction of sp³-hybridized carbons (Fsp3) is 0.611. The van der Waals surface area contributed by atoms with Crippen LogP contribution in [-0.2, 0) is 14.9 Å². The minimum atomic E-state index is -4.94. The van der Waals surface area contributed by atoms with Crippen LogP contribution >= 0.6 is 0 Å². The van der Waals surface area contributed by atoms with Crippen LogP contribution in [0.5, 0.6) is 11.5 Å². The molecule has 2 saturated carbocycles. The van der Waals surface area contributed by atoms with E-state index in [4.69, 9.17) is 14.0 Å². The molecule has 0 amide bonds. The molecule has 162 valence electrons. The standard InChI is InChI=1S/C18H21F3O7S/c1-17(10-11-2-4-13(17)8-11)27-15-9-12(3-5-14(15)28-18(19,20)21)16(22)26-6-7-29(23,24)25/h3,5,9,11,13H,2,4,6-8,10H2,1H3,(H,23,24,25). The molecule has 0 heterocycles. The quantitative estimate of drug-likeness (QED) is 0.513. The number of benzene rings is 1. The number of hydrogen-bond acceptors (Lipinski definition) is 6. The van der Waals surface area contributed by atoms with Crippen molar-refractivity contribution in [1.82, 2.24) is 0 Å². The molecule has 0 radical (unpaired) electrons. The predicted octanol–water partition coefficient (Wildman–Crippen LogP) is 3.59. The molecule has 29 heavy (non-hydrogen) atoms. The van der Waals surface area contributed by atoms with Crippen LogP contribution in [0.4, 0.5) is 13.2 Å². The van der Waals surface area contributed by atoms with Gasteiger partial charge in [0.2, 0.25) is 0 Å². The Labute approximate surface area is 165 Å². The highest BCUT2D eigenvalue weighted by atomic mass is 32.2. The summed E-state index contributed by atoms with van der Waals surface area (Å²) in [5, 5.41) is 0. The van der Waals surface area contributed by atoms with Crippen molar-refractivity contribution in [2.24, 2.45) is 11.8 Å². The lowest BCUT2D eigenvalue weighted by atomic mass is 9.85. The molecule has 7 nitrogen and oxygen atoms in total. The van der Waals surface area contributed by atoms with E-state index in [0.717, 1.165) is 37.5 Å². The van der Waals surface area contributed by atoms with E-state index < -0.39 is 46.2 Å². The number of rotatable bonds is 7. The minimum Gasteiger partial charge on any atom is -0.483 e. The van der Waals surface area contributed by atoms with Gasteiger partial charge in [-0.25, -0.2) is 4.79 Å². The van der Waals surface area contributed by atoms with Gasteiger partial charge in [0, 0.05) is 0 Å². The van der Waals surface area contributed by atoms with Gasteiger partial charge in [-0.15, -0.1) is 13.2 Å². The zero-order valence-electron chi connectivity index (χ0n) is 15.6. The second kappa shape index (κ2) is 7.67. The lowest BCUT2D eigenvalue weighted by Gasteiger charge is -2.35. The summed E-state index contributed by atoms with van der Waals surface area (Å²) in [6, 6.07) is 3.11. The van der Waals surface area contributed by atoms with Crippen molar-refractivity contribution in [1.29, 1.82) is 0 Å². The van der Waals surface area contributed by atoms with E-state index in [-0.39, 0.29) is 17.2 Å². The summed E-state index contributed by atoms with van der Waals surface area (Å²) in [6.45, 7) is 1.24. The second-order valence-corrected chi connectivity index (χ2v) is 9.20. The van der Waals surface area contributed by atoms with Crippen molar-refractivity contribution in [2.75, 3.05) is 12.4 Å². The fourth-order valence-corrected chi connectivity index (χ4v) is 4.47. The van der Waals surface area contributed by atoms with Gasteiger partial charge in [0.25, 0.3) is 10.1 Å².